The first-order chi connectivity index (χ1) is 8.63. The number of furan rings is 1. The van der Waals surface area contributed by atoms with Crippen molar-refractivity contribution in [3.05, 3.63) is 24.2 Å². The van der Waals surface area contributed by atoms with E-state index in [0.29, 0.717) is 5.76 Å². The number of carbonyl (C=O) groups is 1. The van der Waals surface area contributed by atoms with E-state index in [-0.39, 0.29) is 24.0 Å². The zero-order chi connectivity index (χ0) is 14.7. The van der Waals surface area contributed by atoms with E-state index in [2.05, 4.69) is 31.4 Å². The van der Waals surface area contributed by atoms with Gasteiger partial charge in [0.1, 0.15) is 11.4 Å². The minimum absolute atomic E-state index is 0.0130. The highest BCUT2D eigenvalue weighted by molar-refractivity contribution is 5.74. The Labute approximate surface area is 114 Å². The van der Waals surface area contributed by atoms with Crippen molar-refractivity contribution in [2.75, 3.05) is 6.54 Å². The number of urea groups is 1. The molecule has 0 fully saturated rings. The highest BCUT2D eigenvalue weighted by Gasteiger charge is 2.27. The zero-order valence-corrected chi connectivity index (χ0v) is 12.3. The summed E-state index contributed by atoms with van der Waals surface area (Å²) in [5, 5.41) is 15.7. The summed E-state index contributed by atoms with van der Waals surface area (Å²) in [6.45, 7) is 9.79. The Morgan fingerprint density at radius 2 is 2.05 bits per heavy atom. The maximum absolute atomic E-state index is 11.8. The summed E-state index contributed by atoms with van der Waals surface area (Å²) in [4.78, 5) is 11.8. The number of rotatable bonds is 4. The molecule has 0 saturated heterocycles. The summed E-state index contributed by atoms with van der Waals surface area (Å²) < 4.78 is 5.14. The van der Waals surface area contributed by atoms with Gasteiger partial charge in [-0.2, -0.15) is 0 Å². The normalized spacial score (nSPS) is 16.5. The number of hydrogen-bond donors (Lipinski definition) is 3. The van der Waals surface area contributed by atoms with Crippen LogP contribution in [0.3, 0.4) is 0 Å². The maximum atomic E-state index is 11.8. The highest BCUT2D eigenvalue weighted by atomic mass is 16.4. The van der Waals surface area contributed by atoms with Crippen molar-refractivity contribution >= 4 is 6.03 Å². The molecule has 1 aromatic rings. The number of aliphatic hydroxyl groups is 1. The van der Waals surface area contributed by atoms with Gasteiger partial charge in [-0.1, -0.05) is 20.8 Å². The Morgan fingerprint density at radius 3 is 2.53 bits per heavy atom. The summed E-state index contributed by atoms with van der Waals surface area (Å²) in [6.07, 6.45) is 1.49. The van der Waals surface area contributed by atoms with Gasteiger partial charge in [0.15, 0.2) is 0 Å². The predicted molar refractivity (Wildman–Crippen MR) is 73.7 cm³/mol. The lowest BCUT2D eigenvalue weighted by atomic mass is 9.88. The van der Waals surface area contributed by atoms with Crippen LogP contribution in [0.4, 0.5) is 4.79 Å². The molecule has 19 heavy (non-hydrogen) atoms. The number of amides is 2. The van der Waals surface area contributed by atoms with Crippen LogP contribution in [0.2, 0.25) is 0 Å². The van der Waals surface area contributed by atoms with Crippen LogP contribution in [0.1, 0.15) is 40.4 Å². The second-order valence-corrected chi connectivity index (χ2v) is 6.17. The van der Waals surface area contributed by atoms with Crippen LogP contribution >= 0.6 is 0 Å². The number of nitrogens with one attached hydrogen (secondary N) is 2. The largest absolute Gasteiger partial charge is 0.466 e. The van der Waals surface area contributed by atoms with Gasteiger partial charge in [-0.15, -0.1) is 0 Å². The fourth-order valence-electron chi connectivity index (χ4n) is 1.39. The monoisotopic (exact) mass is 268 g/mol. The second kappa shape index (κ2) is 5.65. The highest BCUT2D eigenvalue weighted by Crippen LogP contribution is 2.20. The standard InChI is InChI=1S/C14H24N2O3/c1-10(13(2,3)4)16-12(17)15-9-14(5,18)11-7-6-8-19-11/h6-8,10,18H,9H2,1-5H3,(H2,15,16,17). The third kappa shape index (κ3) is 4.59. The molecule has 0 spiro atoms. The third-order valence-electron chi connectivity index (χ3n) is 3.29. The molecule has 5 heteroatoms. The van der Waals surface area contributed by atoms with Gasteiger partial charge in [0.25, 0.3) is 0 Å². The van der Waals surface area contributed by atoms with Crippen molar-refractivity contribution in [1.29, 1.82) is 0 Å². The summed E-state index contributed by atoms with van der Waals surface area (Å²) in [5.41, 5.74) is -1.23. The van der Waals surface area contributed by atoms with Gasteiger partial charge in [0, 0.05) is 6.04 Å². The summed E-state index contributed by atoms with van der Waals surface area (Å²) in [5.74, 6) is 0.427. The van der Waals surface area contributed by atoms with Crippen molar-refractivity contribution in [2.24, 2.45) is 5.41 Å². The molecule has 0 radical (unpaired) electrons. The first kappa shape index (κ1) is 15.6. The van der Waals surface area contributed by atoms with Gasteiger partial charge in [-0.3, -0.25) is 0 Å². The molecule has 5 nitrogen and oxygen atoms in total. The molecule has 0 bridgehead atoms. The van der Waals surface area contributed by atoms with Crippen LogP contribution in [-0.4, -0.2) is 23.7 Å². The average molecular weight is 268 g/mol. The molecule has 2 atom stereocenters. The van der Waals surface area contributed by atoms with Crippen molar-refractivity contribution < 1.29 is 14.3 Å². The molecule has 0 aliphatic carbocycles. The van der Waals surface area contributed by atoms with Gasteiger partial charge in [-0.25, -0.2) is 4.79 Å². The van der Waals surface area contributed by atoms with E-state index < -0.39 is 5.60 Å². The number of hydrogen-bond acceptors (Lipinski definition) is 3. The summed E-state index contributed by atoms with van der Waals surface area (Å²) in [6, 6.07) is 3.11. The van der Waals surface area contributed by atoms with E-state index in [9.17, 15) is 9.90 Å². The molecule has 0 aliphatic heterocycles. The Morgan fingerprint density at radius 1 is 1.42 bits per heavy atom. The molecule has 0 saturated carbocycles. The van der Waals surface area contributed by atoms with Gasteiger partial charge in [0.2, 0.25) is 0 Å². The van der Waals surface area contributed by atoms with Crippen molar-refractivity contribution in [3.63, 3.8) is 0 Å². The number of carbonyl (C=O) groups excluding carboxylic acids is 1. The SMILES string of the molecule is CC(NC(=O)NCC(C)(O)c1ccco1)C(C)(C)C. The Kier molecular flexibility index (Phi) is 4.63. The van der Waals surface area contributed by atoms with E-state index in [1.165, 1.54) is 6.26 Å². The molecule has 2 amide bonds. The molecule has 1 heterocycles. The quantitative estimate of drug-likeness (QED) is 0.784. The fraction of sp³-hybridized carbons (Fsp3) is 0.643. The van der Waals surface area contributed by atoms with Gasteiger partial charge in [-0.05, 0) is 31.4 Å². The van der Waals surface area contributed by atoms with Gasteiger partial charge in [0.05, 0.1) is 12.8 Å². The minimum Gasteiger partial charge on any atom is -0.466 e. The smallest absolute Gasteiger partial charge is 0.315 e. The molecule has 3 N–H and O–H groups in total. The van der Waals surface area contributed by atoms with E-state index >= 15 is 0 Å². The van der Waals surface area contributed by atoms with Crippen LogP contribution in [0.5, 0.6) is 0 Å². The first-order valence-electron chi connectivity index (χ1n) is 6.43. The molecular weight excluding hydrogens is 244 g/mol. The summed E-state index contributed by atoms with van der Waals surface area (Å²) >= 11 is 0. The topological polar surface area (TPSA) is 74.5 Å². The lowest BCUT2D eigenvalue weighted by Gasteiger charge is -2.29. The molecule has 2 unspecified atom stereocenters. The zero-order valence-electron chi connectivity index (χ0n) is 12.3. The maximum Gasteiger partial charge on any atom is 0.315 e. The van der Waals surface area contributed by atoms with E-state index in [4.69, 9.17) is 4.42 Å². The van der Waals surface area contributed by atoms with Crippen LogP contribution in [0.15, 0.2) is 22.8 Å². The Bertz CT molecular complexity index is 405. The molecular formula is C14H24N2O3. The predicted octanol–water partition coefficient (Wildman–Crippen LogP) is 2.22. The molecule has 1 rings (SSSR count). The third-order valence-corrected chi connectivity index (χ3v) is 3.29. The van der Waals surface area contributed by atoms with Gasteiger partial charge < -0.3 is 20.2 Å². The van der Waals surface area contributed by atoms with E-state index in [1.807, 2.05) is 6.92 Å². The van der Waals surface area contributed by atoms with E-state index in [0.717, 1.165) is 0 Å². The van der Waals surface area contributed by atoms with Crippen LogP contribution in [-0.2, 0) is 5.60 Å². The molecule has 1 aromatic heterocycles. The summed E-state index contributed by atoms with van der Waals surface area (Å²) in [7, 11) is 0. The fourth-order valence-corrected chi connectivity index (χ4v) is 1.39. The lowest BCUT2D eigenvalue weighted by Crippen LogP contribution is -2.49. The average Bonchev–Trinajstić information content (AvgIpc) is 2.79. The van der Waals surface area contributed by atoms with Crippen molar-refractivity contribution in [3.8, 4) is 0 Å². The first-order valence-corrected chi connectivity index (χ1v) is 6.43. The molecule has 0 aromatic carbocycles. The van der Waals surface area contributed by atoms with Crippen LogP contribution in [0.25, 0.3) is 0 Å². The molecule has 108 valence electrons. The van der Waals surface area contributed by atoms with Crippen molar-refractivity contribution in [2.45, 2.75) is 46.3 Å². The Balaban J connectivity index is 2.47. The lowest BCUT2D eigenvalue weighted by molar-refractivity contribution is 0.0365. The van der Waals surface area contributed by atoms with Crippen molar-refractivity contribution in [1.82, 2.24) is 10.6 Å². The Hall–Kier alpha value is -1.49. The van der Waals surface area contributed by atoms with E-state index in [1.54, 1.807) is 19.1 Å². The minimum atomic E-state index is -1.22. The second-order valence-electron chi connectivity index (χ2n) is 6.17. The van der Waals surface area contributed by atoms with Crippen LogP contribution < -0.4 is 10.6 Å². The molecule has 0 aliphatic rings. The van der Waals surface area contributed by atoms with Gasteiger partial charge >= 0.3 is 6.03 Å². The van der Waals surface area contributed by atoms with Crippen LogP contribution in [0, 0.1) is 5.41 Å².